The molecule has 1 rings (SSSR count). The van der Waals surface area contributed by atoms with Gasteiger partial charge in [0.1, 0.15) is 0 Å². The van der Waals surface area contributed by atoms with Crippen molar-refractivity contribution >= 4 is 0 Å². The number of hydrogen-bond acceptors (Lipinski definition) is 3. The molecule has 0 heterocycles. The first-order chi connectivity index (χ1) is 8.57. The number of nitrogens with one attached hydrogen (secondary N) is 1. The van der Waals surface area contributed by atoms with Crippen molar-refractivity contribution in [2.75, 3.05) is 6.54 Å². The van der Waals surface area contributed by atoms with Crippen LogP contribution >= 0.6 is 0 Å². The van der Waals surface area contributed by atoms with E-state index in [9.17, 15) is 0 Å². The molecule has 0 radical (unpaired) electrons. The average molecular weight is 246 g/mol. The molecule has 0 bridgehead atoms. The molecule has 0 saturated heterocycles. The van der Waals surface area contributed by atoms with Crippen LogP contribution in [0.4, 0.5) is 0 Å². The van der Waals surface area contributed by atoms with E-state index in [0.717, 1.165) is 31.5 Å². The quantitative estimate of drug-likeness (QED) is 0.727. The number of rotatable bonds is 7. The Morgan fingerprint density at radius 1 is 1.22 bits per heavy atom. The molecule has 0 unspecified atom stereocenters. The van der Waals surface area contributed by atoms with Gasteiger partial charge in [-0.25, -0.2) is 0 Å². The van der Waals surface area contributed by atoms with Gasteiger partial charge in [0, 0.05) is 6.54 Å². The smallest absolute Gasteiger partial charge is 0.0683 e. The highest BCUT2D eigenvalue weighted by Crippen LogP contribution is 2.19. The summed E-state index contributed by atoms with van der Waals surface area (Å²) in [6, 6.07) is 10.2. The molecular weight excluding hydrogens is 224 g/mol. The van der Waals surface area contributed by atoms with Gasteiger partial charge in [-0.2, -0.15) is 5.26 Å². The van der Waals surface area contributed by atoms with Crippen LogP contribution in [-0.2, 0) is 13.2 Å². The third-order valence-corrected chi connectivity index (χ3v) is 2.99. The van der Waals surface area contributed by atoms with Gasteiger partial charge in [-0.05, 0) is 44.4 Å². The second-order valence-electron chi connectivity index (χ2n) is 5.25. The highest BCUT2D eigenvalue weighted by molar-refractivity contribution is 5.21. The normalized spacial score (nSPS) is 11.2. The van der Waals surface area contributed by atoms with Crippen LogP contribution in [0.25, 0.3) is 0 Å². The molecule has 1 aromatic carbocycles. The largest absolute Gasteiger partial charge is 0.392 e. The van der Waals surface area contributed by atoms with Crippen molar-refractivity contribution in [3.63, 3.8) is 0 Å². The first-order valence-electron chi connectivity index (χ1n) is 6.38. The topological polar surface area (TPSA) is 56.0 Å². The number of nitrogens with zero attached hydrogens (tertiary/aromatic N) is 1. The lowest BCUT2D eigenvalue weighted by Gasteiger charge is -2.14. The molecule has 0 spiro atoms. The van der Waals surface area contributed by atoms with Crippen LogP contribution in [-0.4, -0.2) is 11.7 Å². The summed E-state index contributed by atoms with van der Waals surface area (Å²) < 4.78 is 0. The lowest BCUT2D eigenvalue weighted by molar-refractivity contribution is 0.282. The van der Waals surface area contributed by atoms with Crippen LogP contribution in [0.5, 0.6) is 0 Å². The predicted octanol–water partition coefficient (Wildman–Crippen LogP) is 2.60. The summed E-state index contributed by atoms with van der Waals surface area (Å²) in [5.41, 5.74) is 1.94. The highest BCUT2D eigenvalue weighted by Gasteiger charge is 2.15. The zero-order valence-corrected chi connectivity index (χ0v) is 11.2. The van der Waals surface area contributed by atoms with E-state index >= 15 is 0 Å². The van der Waals surface area contributed by atoms with E-state index in [-0.39, 0.29) is 12.0 Å². The lowest BCUT2D eigenvalue weighted by Crippen LogP contribution is -2.17. The molecule has 0 atom stereocenters. The van der Waals surface area contributed by atoms with Gasteiger partial charge in [0.2, 0.25) is 0 Å². The Labute approximate surface area is 109 Å². The maximum absolute atomic E-state index is 8.93. The Hall–Kier alpha value is -1.37. The van der Waals surface area contributed by atoms with Gasteiger partial charge in [0.25, 0.3) is 0 Å². The molecule has 0 saturated carbocycles. The van der Waals surface area contributed by atoms with Crippen molar-refractivity contribution in [2.45, 2.75) is 39.8 Å². The van der Waals surface area contributed by atoms with Gasteiger partial charge < -0.3 is 10.4 Å². The summed E-state index contributed by atoms with van der Waals surface area (Å²) >= 11 is 0. The Morgan fingerprint density at radius 3 is 2.39 bits per heavy atom. The molecule has 18 heavy (non-hydrogen) atoms. The molecule has 0 aliphatic rings. The average Bonchev–Trinajstić information content (AvgIpc) is 2.39. The summed E-state index contributed by atoms with van der Waals surface area (Å²) in [6.07, 6.45) is 1.93. The minimum atomic E-state index is -0.218. The Morgan fingerprint density at radius 2 is 1.83 bits per heavy atom. The molecule has 0 aliphatic heterocycles. The van der Waals surface area contributed by atoms with E-state index < -0.39 is 0 Å². The first kappa shape index (κ1) is 14.7. The van der Waals surface area contributed by atoms with E-state index in [1.54, 1.807) is 0 Å². The van der Waals surface area contributed by atoms with Gasteiger partial charge in [0.05, 0.1) is 18.1 Å². The third-order valence-electron chi connectivity index (χ3n) is 2.99. The minimum absolute atomic E-state index is 0.0942. The Bertz CT molecular complexity index is 390. The molecule has 0 fully saturated rings. The zero-order chi connectivity index (χ0) is 13.4. The van der Waals surface area contributed by atoms with Crippen molar-refractivity contribution in [3.8, 4) is 6.07 Å². The molecule has 3 nitrogen and oxygen atoms in total. The molecule has 0 amide bonds. The fraction of sp³-hybridized carbons (Fsp3) is 0.533. The van der Waals surface area contributed by atoms with E-state index in [1.165, 1.54) is 5.56 Å². The monoisotopic (exact) mass is 246 g/mol. The predicted molar refractivity (Wildman–Crippen MR) is 72.7 cm³/mol. The number of hydrogen-bond donors (Lipinski definition) is 2. The van der Waals surface area contributed by atoms with Crippen molar-refractivity contribution in [3.05, 3.63) is 35.4 Å². The summed E-state index contributed by atoms with van der Waals surface area (Å²) in [5, 5.41) is 21.2. The maximum Gasteiger partial charge on any atom is 0.0683 e. The zero-order valence-electron chi connectivity index (χ0n) is 11.2. The lowest BCUT2D eigenvalue weighted by atomic mass is 9.90. The van der Waals surface area contributed by atoms with Gasteiger partial charge in [-0.1, -0.05) is 24.3 Å². The highest BCUT2D eigenvalue weighted by atomic mass is 16.3. The molecule has 98 valence electrons. The third kappa shape index (κ3) is 5.31. The van der Waals surface area contributed by atoms with E-state index in [0.29, 0.717) is 0 Å². The van der Waals surface area contributed by atoms with E-state index in [2.05, 4.69) is 11.4 Å². The van der Waals surface area contributed by atoms with Crippen LogP contribution in [0.15, 0.2) is 24.3 Å². The Balaban J connectivity index is 2.20. The van der Waals surface area contributed by atoms with E-state index in [4.69, 9.17) is 10.4 Å². The van der Waals surface area contributed by atoms with Gasteiger partial charge in [-0.15, -0.1) is 0 Å². The van der Waals surface area contributed by atoms with Crippen molar-refractivity contribution in [2.24, 2.45) is 5.41 Å². The second-order valence-corrected chi connectivity index (χ2v) is 5.25. The number of aliphatic hydroxyl groups is 1. The molecule has 2 N–H and O–H groups in total. The van der Waals surface area contributed by atoms with Crippen molar-refractivity contribution < 1.29 is 5.11 Å². The standard InChI is InChI=1S/C15H22N2O/c1-15(2,12-16)8-3-9-17-10-13-4-6-14(11-18)7-5-13/h4-7,17-18H,3,8-11H2,1-2H3. The molecule has 0 aliphatic carbocycles. The summed E-state index contributed by atoms with van der Waals surface area (Å²) in [5.74, 6) is 0. The number of benzene rings is 1. The van der Waals surface area contributed by atoms with Crippen LogP contribution < -0.4 is 5.32 Å². The summed E-state index contributed by atoms with van der Waals surface area (Å²) in [7, 11) is 0. The summed E-state index contributed by atoms with van der Waals surface area (Å²) in [6.45, 7) is 5.80. The maximum atomic E-state index is 8.93. The molecule has 1 aromatic rings. The fourth-order valence-electron chi connectivity index (χ4n) is 1.71. The fourth-order valence-corrected chi connectivity index (χ4v) is 1.71. The van der Waals surface area contributed by atoms with Crippen molar-refractivity contribution in [1.29, 1.82) is 5.26 Å². The van der Waals surface area contributed by atoms with Crippen LogP contribution in [0.1, 0.15) is 37.8 Å². The minimum Gasteiger partial charge on any atom is -0.392 e. The summed E-state index contributed by atoms with van der Waals surface area (Å²) in [4.78, 5) is 0. The number of aliphatic hydroxyl groups excluding tert-OH is 1. The molecule has 0 aromatic heterocycles. The van der Waals surface area contributed by atoms with Crippen LogP contribution in [0.2, 0.25) is 0 Å². The van der Waals surface area contributed by atoms with E-state index in [1.807, 2.05) is 38.1 Å². The van der Waals surface area contributed by atoms with Crippen LogP contribution in [0.3, 0.4) is 0 Å². The second kappa shape index (κ2) is 7.15. The number of nitriles is 1. The SMILES string of the molecule is CC(C)(C#N)CCCNCc1ccc(CO)cc1. The van der Waals surface area contributed by atoms with Gasteiger partial charge >= 0.3 is 0 Å². The molecular formula is C15H22N2O. The van der Waals surface area contributed by atoms with Gasteiger partial charge in [-0.3, -0.25) is 0 Å². The Kier molecular flexibility index (Phi) is 5.84. The van der Waals surface area contributed by atoms with Gasteiger partial charge in [0.15, 0.2) is 0 Å². The van der Waals surface area contributed by atoms with Crippen molar-refractivity contribution in [1.82, 2.24) is 5.32 Å². The molecule has 3 heteroatoms. The van der Waals surface area contributed by atoms with Crippen LogP contribution in [0, 0.1) is 16.7 Å². The first-order valence-corrected chi connectivity index (χ1v) is 6.38.